The first-order chi connectivity index (χ1) is 10.0. The van der Waals surface area contributed by atoms with E-state index in [0.717, 1.165) is 18.5 Å². The Bertz CT molecular complexity index is 582. The van der Waals surface area contributed by atoms with Crippen molar-refractivity contribution < 1.29 is 0 Å². The molecule has 0 aliphatic rings. The lowest BCUT2D eigenvalue weighted by atomic mass is 10.1. The van der Waals surface area contributed by atoms with Gasteiger partial charge in [-0.3, -0.25) is 4.90 Å². The predicted molar refractivity (Wildman–Crippen MR) is 92.0 cm³/mol. The van der Waals surface area contributed by atoms with E-state index in [9.17, 15) is 0 Å². The first-order valence-electron chi connectivity index (χ1n) is 7.57. The van der Waals surface area contributed by atoms with Gasteiger partial charge in [0, 0.05) is 28.9 Å². The maximum absolute atomic E-state index is 4.27. The molecule has 0 fully saturated rings. The molecule has 0 saturated heterocycles. The van der Waals surface area contributed by atoms with Gasteiger partial charge in [0.25, 0.3) is 0 Å². The minimum atomic E-state index is 0.561. The Kier molecular flexibility index (Phi) is 5.59. The van der Waals surface area contributed by atoms with Gasteiger partial charge in [0.05, 0.1) is 11.7 Å². The monoisotopic (exact) mass is 303 g/mol. The number of rotatable bonds is 6. The average Bonchev–Trinajstić information content (AvgIpc) is 2.46. The summed E-state index contributed by atoms with van der Waals surface area (Å²) in [6.07, 6.45) is 5.06. The van der Waals surface area contributed by atoms with Gasteiger partial charge in [0.1, 0.15) is 0 Å². The number of fused-ring (bicyclic) bond motifs is 1. The fraction of sp³-hybridized carbons (Fsp3) is 0.529. The van der Waals surface area contributed by atoms with E-state index in [1.807, 2.05) is 12.3 Å². The van der Waals surface area contributed by atoms with E-state index in [0.29, 0.717) is 12.1 Å². The summed E-state index contributed by atoms with van der Waals surface area (Å²) in [6.45, 7) is 10.1. The van der Waals surface area contributed by atoms with Crippen LogP contribution in [-0.4, -0.2) is 40.0 Å². The molecule has 1 aromatic carbocycles. The fourth-order valence-electron chi connectivity index (χ4n) is 2.87. The van der Waals surface area contributed by atoms with Gasteiger partial charge in [-0.2, -0.15) is 10.2 Å². The largest absolute Gasteiger partial charge is 0.298 e. The van der Waals surface area contributed by atoms with Crippen molar-refractivity contribution in [2.45, 2.75) is 51.1 Å². The van der Waals surface area contributed by atoms with E-state index in [2.05, 4.69) is 61.2 Å². The molecule has 2 rings (SSSR count). The summed E-state index contributed by atoms with van der Waals surface area (Å²) >= 11 is 1.78. The van der Waals surface area contributed by atoms with Crippen LogP contribution in [0.1, 0.15) is 33.3 Å². The average molecular weight is 303 g/mol. The van der Waals surface area contributed by atoms with Crippen molar-refractivity contribution in [2.24, 2.45) is 0 Å². The van der Waals surface area contributed by atoms with Crippen molar-refractivity contribution in [3.8, 4) is 0 Å². The third-order valence-corrected chi connectivity index (χ3v) is 4.67. The van der Waals surface area contributed by atoms with Gasteiger partial charge in [-0.25, -0.2) is 0 Å². The van der Waals surface area contributed by atoms with Gasteiger partial charge >= 0.3 is 0 Å². The van der Waals surface area contributed by atoms with Gasteiger partial charge in [-0.15, -0.1) is 11.8 Å². The molecule has 4 heteroatoms. The number of hydrogen-bond donors (Lipinski definition) is 0. The molecule has 21 heavy (non-hydrogen) atoms. The molecule has 0 atom stereocenters. The molecule has 0 bridgehead atoms. The summed E-state index contributed by atoms with van der Waals surface area (Å²) in [5, 5.41) is 9.72. The van der Waals surface area contributed by atoms with Crippen LogP contribution in [0.15, 0.2) is 29.3 Å². The fourth-order valence-corrected chi connectivity index (χ4v) is 3.53. The number of nitrogens with zero attached hydrogens (tertiary/aromatic N) is 3. The predicted octanol–water partition coefficient (Wildman–Crippen LogP) is 4.01. The normalized spacial score (nSPS) is 12.0. The highest BCUT2D eigenvalue weighted by Crippen LogP contribution is 2.28. The number of benzene rings is 1. The van der Waals surface area contributed by atoms with Crippen molar-refractivity contribution in [1.29, 1.82) is 0 Å². The summed E-state index contributed by atoms with van der Waals surface area (Å²) in [6, 6.07) is 7.40. The third-order valence-electron chi connectivity index (χ3n) is 3.89. The van der Waals surface area contributed by atoms with E-state index >= 15 is 0 Å². The molecule has 2 aromatic rings. The van der Waals surface area contributed by atoms with E-state index in [1.54, 1.807) is 11.8 Å². The molecule has 0 saturated carbocycles. The van der Waals surface area contributed by atoms with Gasteiger partial charge in [-0.05, 0) is 58.1 Å². The summed E-state index contributed by atoms with van der Waals surface area (Å²) in [7, 11) is 0. The first kappa shape index (κ1) is 16.2. The second-order valence-electron chi connectivity index (χ2n) is 5.90. The van der Waals surface area contributed by atoms with Crippen LogP contribution in [0.4, 0.5) is 0 Å². The van der Waals surface area contributed by atoms with Crippen LogP contribution in [0.5, 0.6) is 0 Å². The van der Waals surface area contributed by atoms with Crippen LogP contribution in [-0.2, 0) is 6.42 Å². The lowest BCUT2D eigenvalue weighted by molar-refractivity contribution is 0.177. The van der Waals surface area contributed by atoms with E-state index < -0.39 is 0 Å². The van der Waals surface area contributed by atoms with Gasteiger partial charge in [-0.1, -0.05) is 6.07 Å². The summed E-state index contributed by atoms with van der Waals surface area (Å²) in [5.74, 6) is 0. The molecule has 0 aliphatic carbocycles. The summed E-state index contributed by atoms with van der Waals surface area (Å²) < 4.78 is 0. The standard InChI is InChI=1S/C17H25N3S/c1-12(2)20(13(3)4)10-9-14-11-18-19-15-7-6-8-16(21-5)17(14)15/h6-8,11-13H,9-10H2,1-5H3. The Morgan fingerprint density at radius 2 is 1.86 bits per heavy atom. The van der Waals surface area contributed by atoms with Crippen molar-refractivity contribution in [1.82, 2.24) is 15.1 Å². The molecule has 0 unspecified atom stereocenters. The van der Waals surface area contributed by atoms with Crippen molar-refractivity contribution in [2.75, 3.05) is 12.8 Å². The lowest BCUT2D eigenvalue weighted by Crippen LogP contribution is -2.38. The molecule has 114 valence electrons. The molecule has 0 spiro atoms. The lowest BCUT2D eigenvalue weighted by Gasteiger charge is -2.30. The van der Waals surface area contributed by atoms with Crippen LogP contribution in [0, 0.1) is 0 Å². The van der Waals surface area contributed by atoms with E-state index in [4.69, 9.17) is 0 Å². The van der Waals surface area contributed by atoms with Crippen molar-refractivity contribution >= 4 is 22.7 Å². The molecule has 3 nitrogen and oxygen atoms in total. The molecule has 0 amide bonds. The van der Waals surface area contributed by atoms with Crippen LogP contribution < -0.4 is 0 Å². The zero-order valence-electron chi connectivity index (χ0n) is 13.6. The highest BCUT2D eigenvalue weighted by atomic mass is 32.2. The zero-order chi connectivity index (χ0) is 15.4. The molecule has 1 aromatic heterocycles. The Morgan fingerprint density at radius 3 is 2.48 bits per heavy atom. The molecule has 0 radical (unpaired) electrons. The molecular formula is C17H25N3S. The van der Waals surface area contributed by atoms with Gasteiger partial charge < -0.3 is 0 Å². The smallest absolute Gasteiger partial charge is 0.0943 e. The van der Waals surface area contributed by atoms with E-state index in [1.165, 1.54) is 15.8 Å². The highest BCUT2D eigenvalue weighted by Gasteiger charge is 2.15. The molecule has 1 heterocycles. The maximum Gasteiger partial charge on any atom is 0.0943 e. The summed E-state index contributed by atoms with van der Waals surface area (Å²) in [5.41, 5.74) is 2.30. The molecular weight excluding hydrogens is 278 g/mol. The number of thioether (sulfide) groups is 1. The second-order valence-corrected chi connectivity index (χ2v) is 6.75. The quantitative estimate of drug-likeness (QED) is 0.754. The minimum absolute atomic E-state index is 0.561. The zero-order valence-corrected chi connectivity index (χ0v) is 14.4. The minimum Gasteiger partial charge on any atom is -0.298 e. The summed E-state index contributed by atoms with van der Waals surface area (Å²) in [4.78, 5) is 3.81. The Morgan fingerprint density at radius 1 is 1.14 bits per heavy atom. The maximum atomic E-state index is 4.27. The van der Waals surface area contributed by atoms with Crippen LogP contribution in [0.3, 0.4) is 0 Å². The number of hydrogen-bond acceptors (Lipinski definition) is 4. The van der Waals surface area contributed by atoms with Crippen LogP contribution >= 0.6 is 11.8 Å². The Hall–Kier alpha value is -1.13. The van der Waals surface area contributed by atoms with Gasteiger partial charge in [0.15, 0.2) is 0 Å². The highest BCUT2D eigenvalue weighted by molar-refractivity contribution is 7.98. The second kappa shape index (κ2) is 7.23. The van der Waals surface area contributed by atoms with E-state index in [-0.39, 0.29) is 0 Å². The third kappa shape index (κ3) is 3.74. The van der Waals surface area contributed by atoms with Crippen molar-refractivity contribution in [3.05, 3.63) is 30.0 Å². The number of aromatic nitrogens is 2. The van der Waals surface area contributed by atoms with Crippen LogP contribution in [0.2, 0.25) is 0 Å². The Labute approximate surface area is 132 Å². The van der Waals surface area contributed by atoms with Gasteiger partial charge in [0.2, 0.25) is 0 Å². The Balaban J connectivity index is 2.30. The molecule has 0 N–H and O–H groups in total. The topological polar surface area (TPSA) is 29.0 Å². The SMILES string of the molecule is CSc1cccc2nncc(CCN(C(C)C)C(C)C)c12. The van der Waals surface area contributed by atoms with Crippen LogP contribution in [0.25, 0.3) is 10.9 Å². The van der Waals surface area contributed by atoms with Crippen molar-refractivity contribution in [3.63, 3.8) is 0 Å². The molecule has 0 aliphatic heterocycles. The first-order valence-corrected chi connectivity index (χ1v) is 8.80.